The summed E-state index contributed by atoms with van der Waals surface area (Å²) in [5.41, 5.74) is 0.383. The molecule has 2 saturated heterocycles. The van der Waals surface area contributed by atoms with Crippen molar-refractivity contribution in [3.8, 4) is 6.07 Å². The SMILES string of the molecule is N#Cc1cnc(N2CCC(N3CCCC3)C2)cn1. The lowest BCUT2D eigenvalue weighted by Crippen LogP contribution is -2.35. The first-order chi connectivity index (χ1) is 8.86. The first-order valence-electron chi connectivity index (χ1n) is 6.58. The molecule has 0 amide bonds. The molecule has 0 spiro atoms. The molecule has 0 aromatic carbocycles. The van der Waals surface area contributed by atoms with Gasteiger partial charge in [0.1, 0.15) is 11.9 Å². The van der Waals surface area contributed by atoms with Crippen LogP contribution in [0.3, 0.4) is 0 Å². The van der Waals surface area contributed by atoms with Crippen molar-refractivity contribution in [2.75, 3.05) is 31.1 Å². The summed E-state index contributed by atoms with van der Waals surface area (Å²) < 4.78 is 0. The molecule has 1 aromatic heterocycles. The highest BCUT2D eigenvalue weighted by molar-refractivity contribution is 5.39. The lowest BCUT2D eigenvalue weighted by atomic mass is 10.2. The monoisotopic (exact) mass is 243 g/mol. The smallest absolute Gasteiger partial charge is 0.158 e. The molecule has 2 aliphatic rings. The van der Waals surface area contributed by atoms with Crippen molar-refractivity contribution in [3.05, 3.63) is 18.1 Å². The first-order valence-corrected chi connectivity index (χ1v) is 6.58. The van der Waals surface area contributed by atoms with Crippen molar-refractivity contribution in [3.63, 3.8) is 0 Å². The molecule has 0 radical (unpaired) electrons. The zero-order chi connectivity index (χ0) is 12.4. The van der Waals surface area contributed by atoms with Crippen LogP contribution in [0, 0.1) is 11.3 Å². The summed E-state index contributed by atoms with van der Waals surface area (Å²) in [5, 5.41) is 8.71. The van der Waals surface area contributed by atoms with E-state index in [0.717, 1.165) is 18.9 Å². The van der Waals surface area contributed by atoms with Crippen LogP contribution in [-0.2, 0) is 0 Å². The fourth-order valence-electron chi connectivity index (χ4n) is 2.90. The predicted molar refractivity (Wildman–Crippen MR) is 68.2 cm³/mol. The molecule has 3 rings (SSSR count). The Morgan fingerprint density at radius 1 is 1.17 bits per heavy atom. The number of nitriles is 1. The number of nitrogens with zero attached hydrogens (tertiary/aromatic N) is 5. The molecule has 0 bridgehead atoms. The number of rotatable bonds is 2. The fraction of sp³-hybridized carbons (Fsp3) is 0.615. The average Bonchev–Trinajstić information content (AvgIpc) is 3.09. The summed E-state index contributed by atoms with van der Waals surface area (Å²) in [6.07, 6.45) is 7.16. The minimum Gasteiger partial charge on any atom is -0.354 e. The van der Waals surface area contributed by atoms with Crippen molar-refractivity contribution < 1.29 is 0 Å². The van der Waals surface area contributed by atoms with E-state index >= 15 is 0 Å². The summed E-state index contributed by atoms with van der Waals surface area (Å²) in [4.78, 5) is 13.3. The van der Waals surface area contributed by atoms with Crippen molar-refractivity contribution in [2.45, 2.75) is 25.3 Å². The van der Waals surface area contributed by atoms with E-state index in [9.17, 15) is 0 Å². The van der Waals surface area contributed by atoms with E-state index in [1.165, 1.54) is 32.4 Å². The quantitative estimate of drug-likeness (QED) is 0.776. The predicted octanol–water partition coefficient (Wildman–Crippen LogP) is 1.02. The molecular formula is C13H17N5. The van der Waals surface area contributed by atoms with Gasteiger partial charge in [-0.25, -0.2) is 9.97 Å². The molecule has 18 heavy (non-hydrogen) atoms. The normalized spacial score (nSPS) is 24.4. The molecule has 94 valence electrons. The number of aromatic nitrogens is 2. The van der Waals surface area contributed by atoms with E-state index in [0.29, 0.717) is 11.7 Å². The Morgan fingerprint density at radius 3 is 2.67 bits per heavy atom. The van der Waals surface area contributed by atoms with Crippen molar-refractivity contribution in [1.82, 2.24) is 14.9 Å². The van der Waals surface area contributed by atoms with Crippen LogP contribution in [0.25, 0.3) is 0 Å². The summed E-state index contributed by atoms with van der Waals surface area (Å²) in [5.74, 6) is 0.899. The molecule has 0 N–H and O–H groups in total. The third-order valence-electron chi connectivity index (χ3n) is 3.90. The van der Waals surface area contributed by atoms with Crippen LogP contribution in [0.5, 0.6) is 0 Å². The third-order valence-corrected chi connectivity index (χ3v) is 3.90. The van der Waals surface area contributed by atoms with E-state index in [1.807, 2.05) is 6.07 Å². The molecule has 5 heteroatoms. The second-order valence-corrected chi connectivity index (χ2v) is 5.00. The largest absolute Gasteiger partial charge is 0.354 e. The van der Waals surface area contributed by atoms with Crippen molar-refractivity contribution in [1.29, 1.82) is 5.26 Å². The molecule has 5 nitrogen and oxygen atoms in total. The molecule has 0 saturated carbocycles. The zero-order valence-electron chi connectivity index (χ0n) is 10.4. The third kappa shape index (κ3) is 2.16. The van der Waals surface area contributed by atoms with Crippen LogP contribution in [0.15, 0.2) is 12.4 Å². The molecule has 1 atom stereocenters. The minimum atomic E-state index is 0.383. The zero-order valence-corrected chi connectivity index (χ0v) is 10.4. The van der Waals surface area contributed by atoms with E-state index in [-0.39, 0.29) is 0 Å². The minimum absolute atomic E-state index is 0.383. The van der Waals surface area contributed by atoms with E-state index < -0.39 is 0 Å². The van der Waals surface area contributed by atoms with E-state index in [2.05, 4.69) is 19.8 Å². The average molecular weight is 243 g/mol. The molecular weight excluding hydrogens is 226 g/mol. The maximum atomic E-state index is 8.71. The summed E-state index contributed by atoms with van der Waals surface area (Å²) >= 11 is 0. The highest BCUT2D eigenvalue weighted by Crippen LogP contribution is 2.23. The van der Waals surface area contributed by atoms with E-state index in [4.69, 9.17) is 5.26 Å². The van der Waals surface area contributed by atoms with Gasteiger partial charge in [-0.1, -0.05) is 0 Å². The second-order valence-electron chi connectivity index (χ2n) is 5.00. The second kappa shape index (κ2) is 4.91. The van der Waals surface area contributed by atoms with Gasteiger partial charge in [0.15, 0.2) is 5.69 Å². The summed E-state index contributed by atoms with van der Waals surface area (Å²) in [6, 6.07) is 2.67. The van der Waals surface area contributed by atoms with Gasteiger partial charge in [-0.2, -0.15) is 5.26 Å². The van der Waals surface area contributed by atoms with Gasteiger partial charge < -0.3 is 4.90 Å². The van der Waals surface area contributed by atoms with Gasteiger partial charge in [-0.3, -0.25) is 4.90 Å². The molecule has 1 aromatic rings. The maximum Gasteiger partial charge on any atom is 0.158 e. The van der Waals surface area contributed by atoms with Gasteiger partial charge in [0.2, 0.25) is 0 Å². The van der Waals surface area contributed by atoms with Gasteiger partial charge in [-0.05, 0) is 32.4 Å². The van der Waals surface area contributed by atoms with Gasteiger partial charge in [0.05, 0.1) is 12.4 Å². The Bertz CT molecular complexity index is 443. The Labute approximate surface area is 107 Å². The summed E-state index contributed by atoms with van der Waals surface area (Å²) in [6.45, 7) is 4.58. The maximum absolute atomic E-state index is 8.71. The van der Waals surface area contributed by atoms with Crippen molar-refractivity contribution >= 4 is 5.82 Å². The highest BCUT2D eigenvalue weighted by atomic mass is 15.3. The molecule has 2 fully saturated rings. The van der Waals surface area contributed by atoms with Gasteiger partial charge in [-0.15, -0.1) is 0 Å². The van der Waals surface area contributed by atoms with Crippen molar-refractivity contribution in [2.24, 2.45) is 0 Å². The topological polar surface area (TPSA) is 56.1 Å². The summed E-state index contributed by atoms with van der Waals surface area (Å²) in [7, 11) is 0. The van der Waals surface area contributed by atoms with Gasteiger partial charge >= 0.3 is 0 Å². The van der Waals surface area contributed by atoms with E-state index in [1.54, 1.807) is 12.4 Å². The van der Waals surface area contributed by atoms with Crippen LogP contribution in [0.4, 0.5) is 5.82 Å². The molecule has 2 aliphatic heterocycles. The highest BCUT2D eigenvalue weighted by Gasteiger charge is 2.29. The molecule has 1 unspecified atom stereocenters. The lowest BCUT2D eigenvalue weighted by molar-refractivity contribution is 0.260. The van der Waals surface area contributed by atoms with Crippen LogP contribution in [-0.4, -0.2) is 47.1 Å². The number of likely N-dealkylation sites (tertiary alicyclic amines) is 1. The lowest BCUT2D eigenvalue weighted by Gasteiger charge is -2.23. The van der Waals surface area contributed by atoms with Gasteiger partial charge in [0.25, 0.3) is 0 Å². The van der Waals surface area contributed by atoms with Crippen LogP contribution >= 0.6 is 0 Å². The molecule has 0 aliphatic carbocycles. The number of hydrogen-bond donors (Lipinski definition) is 0. The van der Waals surface area contributed by atoms with Gasteiger partial charge in [0, 0.05) is 19.1 Å². The van der Waals surface area contributed by atoms with Crippen LogP contribution in [0.1, 0.15) is 25.0 Å². The number of hydrogen-bond acceptors (Lipinski definition) is 5. The van der Waals surface area contributed by atoms with Crippen LogP contribution < -0.4 is 4.90 Å². The Balaban J connectivity index is 1.65. The fourth-order valence-corrected chi connectivity index (χ4v) is 2.90. The first kappa shape index (κ1) is 11.4. The Kier molecular flexibility index (Phi) is 3.11. The standard InChI is InChI=1S/C13H17N5/c14-7-11-8-16-13(9-15-11)18-6-3-12(10-18)17-4-1-2-5-17/h8-9,12H,1-6,10H2. The molecule has 3 heterocycles. The van der Waals surface area contributed by atoms with Crippen LogP contribution in [0.2, 0.25) is 0 Å². The Morgan fingerprint density at radius 2 is 2.00 bits per heavy atom. The Hall–Kier alpha value is -1.67. The number of anilines is 1.